The molecule has 13 nitrogen and oxygen atoms in total. The Morgan fingerprint density at radius 3 is 2.09 bits per heavy atom. The van der Waals surface area contributed by atoms with Gasteiger partial charge < -0.3 is 47.5 Å². The number of benzene rings is 1. The quantitative estimate of drug-likeness (QED) is 0.215. The first-order chi connectivity index (χ1) is 30.8. The average molecular weight is 892 g/mol. The van der Waals surface area contributed by atoms with Gasteiger partial charge in [0.2, 0.25) is 0 Å². The molecule has 0 amide bonds. The van der Waals surface area contributed by atoms with E-state index in [0.29, 0.717) is 55.0 Å². The summed E-state index contributed by atoms with van der Waals surface area (Å²) in [7, 11) is 10.7. The van der Waals surface area contributed by atoms with Crippen molar-refractivity contribution in [1.82, 2.24) is 4.90 Å². The average Bonchev–Trinajstić information content (AvgIpc) is 3.97. The highest BCUT2D eigenvalue weighted by molar-refractivity contribution is 6.24. The van der Waals surface area contributed by atoms with Gasteiger partial charge in [-0.2, -0.15) is 0 Å². The van der Waals surface area contributed by atoms with Gasteiger partial charge in [-0.25, -0.2) is 0 Å². The zero-order valence-electron chi connectivity index (χ0n) is 39.6. The summed E-state index contributed by atoms with van der Waals surface area (Å²) in [6.07, 6.45) is 6.66. The van der Waals surface area contributed by atoms with E-state index >= 15 is 9.59 Å². The number of allylic oxidation sites excluding steroid dienone is 4. The van der Waals surface area contributed by atoms with Gasteiger partial charge in [0.25, 0.3) is 0 Å². The van der Waals surface area contributed by atoms with Crippen molar-refractivity contribution in [3.63, 3.8) is 0 Å². The molecule has 0 radical (unpaired) electrons. The van der Waals surface area contributed by atoms with Crippen molar-refractivity contribution in [2.75, 3.05) is 42.5 Å². The van der Waals surface area contributed by atoms with E-state index in [1.807, 2.05) is 45.0 Å². The standard InChI is InChI=1S/C51H73NO12/c1-11-30-13-12-14-41(64-43-20-19-40(52(5)6)27(3)60-43)26(2)46(54)39-24-36-34-21-32(63-51-50(59-10)49(58-9)48(57-8)28(4)61-51)22-35(34)37-23-33(29-15-17-31(56-7)18-16-29)47(55)45(37)44(36)38(39)25-42(53)62-30/h15-18,23-24,26-28,30,32,34-38,40-41,43-45,48-51H,11-14,19-22,25H2,1-10H3/t26-,27-,28+,30+,32+,34-,35-,36+,37?,38-,40+,41+,43+,44-,45?,48+,49-,50-,51+/m1/s1. The number of ether oxygens (including phenoxy) is 9. The molecule has 2 unspecified atom stereocenters. The normalized spacial score (nSPS) is 42.7. The van der Waals surface area contributed by atoms with E-state index in [2.05, 4.69) is 38.1 Å². The number of hydrogen-bond acceptors (Lipinski definition) is 13. The van der Waals surface area contributed by atoms with Crippen LogP contribution in [0.1, 0.15) is 91.0 Å². The van der Waals surface area contributed by atoms with Crippen LogP contribution in [0.4, 0.5) is 0 Å². The Labute approximate surface area is 380 Å². The molecule has 0 aromatic heterocycles. The summed E-state index contributed by atoms with van der Waals surface area (Å²) in [6, 6.07) is 7.95. The molecule has 7 aliphatic rings. The molecule has 19 atom stereocenters. The van der Waals surface area contributed by atoms with Crippen LogP contribution in [0.25, 0.3) is 5.57 Å². The van der Waals surface area contributed by atoms with Crippen LogP contribution in [-0.2, 0) is 52.3 Å². The maximum atomic E-state index is 15.3. The fourth-order valence-corrected chi connectivity index (χ4v) is 13.1. The van der Waals surface area contributed by atoms with E-state index in [1.54, 1.807) is 28.4 Å². The zero-order chi connectivity index (χ0) is 45.6. The van der Waals surface area contributed by atoms with Gasteiger partial charge in [0, 0.05) is 50.7 Å². The van der Waals surface area contributed by atoms with E-state index in [1.165, 1.54) is 0 Å². The first-order valence-corrected chi connectivity index (χ1v) is 24.0. The molecule has 3 saturated heterocycles. The van der Waals surface area contributed by atoms with Crippen LogP contribution in [0.15, 0.2) is 42.0 Å². The fraction of sp³-hybridized carbons (Fsp3) is 0.745. The Balaban J connectivity index is 1.14. The van der Waals surface area contributed by atoms with Gasteiger partial charge in [-0.1, -0.05) is 38.1 Å². The first-order valence-electron chi connectivity index (χ1n) is 24.0. The van der Waals surface area contributed by atoms with Gasteiger partial charge in [-0.15, -0.1) is 0 Å². The van der Waals surface area contributed by atoms with Gasteiger partial charge in [0.15, 0.2) is 24.1 Å². The van der Waals surface area contributed by atoms with Crippen LogP contribution in [0.3, 0.4) is 0 Å². The minimum atomic E-state index is -0.703. The summed E-state index contributed by atoms with van der Waals surface area (Å²) >= 11 is 0. The summed E-state index contributed by atoms with van der Waals surface area (Å²) in [4.78, 5) is 46.8. The molecule has 0 N–H and O–H groups in total. The molecule has 8 rings (SSSR count). The Morgan fingerprint density at radius 1 is 0.750 bits per heavy atom. The number of hydrogen-bond donors (Lipinski definition) is 0. The van der Waals surface area contributed by atoms with E-state index in [-0.39, 0.29) is 90.2 Å². The molecule has 1 aromatic rings. The van der Waals surface area contributed by atoms with E-state index in [4.69, 9.17) is 42.6 Å². The second-order valence-electron chi connectivity index (χ2n) is 19.9. The minimum absolute atomic E-state index is 0.0154. The van der Waals surface area contributed by atoms with Crippen molar-refractivity contribution in [3.05, 3.63) is 47.6 Å². The lowest BCUT2D eigenvalue weighted by Crippen LogP contribution is -2.59. The largest absolute Gasteiger partial charge is 0.497 e. The Bertz CT molecular complexity index is 1880. The maximum absolute atomic E-state index is 15.3. The molecule has 0 spiro atoms. The SMILES string of the molecule is CC[C@H]1CCC[C@H](O[C@H]2CC[C@H](N(C)C)[C@@H](C)O2)[C@@H](C)C(=O)C2=C[C@H]3[C@@H]4C[C@H](O[C@@H]5O[C@@H](C)[C@H](OC)[C@@H](OC)[C@H]5OC)C[C@H]4C4C=C(c5ccc(OC)cc5)C(=O)C4[C@H]3[C@@H]2CC(=O)O1. The van der Waals surface area contributed by atoms with Crippen LogP contribution in [0.2, 0.25) is 0 Å². The molecule has 3 heterocycles. The molecule has 2 saturated carbocycles. The van der Waals surface area contributed by atoms with Gasteiger partial charge in [0.1, 0.15) is 30.2 Å². The summed E-state index contributed by atoms with van der Waals surface area (Å²) in [5.74, 6) is -1.35. The summed E-state index contributed by atoms with van der Waals surface area (Å²) in [5.41, 5.74) is 2.15. The van der Waals surface area contributed by atoms with Crippen LogP contribution in [0.5, 0.6) is 5.75 Å². The second-order valence-corrected chi connectivity index (χ2v) is 19.9. The monoisotopic (exact) mass is 892 g/mol. The number of fused-ring (bicyclic) bond motifs is 8. The van der Waals surface area contributed by atoms with Crippen LogP contribution < -0.4 is 4.74 Å². The molecular weight excluding hydrogens is 819 g/mol. The summed E-state index contributed by atoms with van der Waals surface area (Å²) in [6.45, 7) is 8.08. The van der Waals surface area contributed by atoms with Crippen LogP contribution in [-0.4, -0.2) is 132 Å². The molecule has 64 heavy (non-hydrogen) atoms. The number of carbonyl (C=O) groups excluding carboxylic acids is 3. The number of nitrogens with zero attached hydrogens (tertiary/aromatic N) is 1. The molecule has 5 fully saturated rings. The number of likely N-dealkylation sites (N-methyl/N-ethyl adjacent to an activating group) is 1. The lowest BCUT2D eigenvalue weighted by molar-refractivity contribution is -0.314. The lowest BCUT2D eigenvalue weighted by atomic mass is 9.57. The predicted octanol–water partition coefficient (Wildman–Crippen LogP) is 6.84. The Morgan fingerprint density at radius 2 is 1.45 bits per heavy atom. The number of ketones is 2. The van der Waals surface area contributed by atoms with Gasteiger partial charge >= 0.3 is 5.97 Å². The highest BCUT2D eigenvalue weighted by atomic mass is 16.7. The molecule has 4 aliphatic carbocycles. The van der Waals surface area contributed by atoms with Crippen molar-refractivity contribution >= 4 is 23.1 Å². The second kappa shape index (κ2) is 20.1. The highest BCUT2D eigenvalue weighted by Crippen LogP contribution is 2.64. The van der Waals surface area contributed by atoms with Gasteiger partial charge in [-0.05, 0) is 132 Å². The number of carbonyl (C=O) groups is 3. The summed E-state index contributed by atoms with van der Waals surface area (Å²) < 4.78 is 56.0. The van der Waals surface area contributed by atoms with E-state index < -0.39 is 42.5 Å². The number of cyclic esters (lactones) is 1. The van der Waals surface area contributed by atoms with Crippen LogP contribution in [0, 0.1) is 47.3 Å². The predicted molar refractivity (Wildman–Crippen MR) is 238 cm³/mol. The molecular formula is C51H73NO12. The Hall–Kier alpha value is -3.01. The molecule has 1 aromatic carbocycles. The van der Waals surface area contributed by atoms with Gasteiger partial charge in [0.05, 0.1) is 37.9 Å². The topological polar surface area (TPSA) is 138 Å². The number of rotatable bonds is 11. The highest BCUT2D eigenvalue weighted by Gasteiger charge is 2.62. The van der Waals surface area contributed by atoms with Crippen molar-refractivity contribution in [3.8, 4) is 5.75 Å². The maximum Gasteiger partial charge on any atom is 0.306 e. The van der Waals surface area contributed by atoms with Crippen molar-refractivity contribution < 1.29 is 57.0 Å². The zero-order valence-corrected chi connectivity index (χ0v) is 39.6. The van der Waals surface area contributed by atoms with E-state index in [0.717, 1.165) is 24.8 Å². The summed E-state index contributed by atoms with van der Waals surface area (Å²) in [5, 5.41) is 0. The first kappa shape index (κ1) is 47.5. The Kier molecular flexibility index (Phi) is 14.9. The molecule has 3 aliphatic heterocycles. The fourth-order valence-electron chi connectivity index (χ4n) is 13.1. The van der Waals surface area contributed by atoms with Gasteiger partial charge in [-0.3, -0.25) is 14.4 Å². The van der Waals surface area contributed by atoms with Crippen LogP contribution >= 0.6 is 0 Å². The molecule has 13 heteroatoms. The smallest absolute Gasteiger partial charge is 0.306 e. The third-order valence-electron chi connectivity index (χ3n) is 16.3. The van der Waals surface area contributed by atoms with Crippen molar-refractivity contribution in [2.24, 2.45) is 47.3 Å². The number of Topliss-reactive ketones (excluding diaryl/α,β-unsaturated/α-hetero) is 2. The molecule has 0 bridgehead atoms. The van der Waals surface area contributed by atoms with Crippen molar-refractivity contribution in [1.29, 1.82) is 0 Å². The third-order valence-corrected chi connectivity index (χ3v) is 16.3. The third kappa shape index (κ3) is 9.06. The number of methoxy groups -OCH3 is 4. The molecule has 354 valence electrons. The minimum Gasteiger partial charge on any atom is -0.497 e. The number of esters is 1. The lowest BCUT2D eigenvalue weighted by Gasteiger charge is -2.45. The van der Waals surface area contributed by atoms with E-state index in [9.17, 15) is 4.79 Å². The van der Waals surface area contributed by atoms with Crippen molar-refractivity contribution in [2.45, 2.75) is 153 Å².